The molecule has 0 aliphatic heterocycles. The quantitative estimate of drug-likeness (QED) is 0.457. The summed E-state index contributed by atoms with van der Waals surface area (Å²) in [5, 5.41) is 4.95. The molecule has 0 aliphatic rings. The number of amides is 1. The van der Waals surface area contributed by atoms with Crippen molar-refractivity contribution in [3.05, 3.63) is 53.6 Å². The number of carbonyl (C=O) groups is 2. The number of rotatable bonds is 6. The van der Waals surface area contributed by atoms with E-state index in [4.69, 9.17) is 4.74 Å². The number of nitrogens with zero attached hydrogens (tertiary/aromatic N) is 4. The molecule has 0 saturated carbocycles. The molecule has 4 rings (SSSR count). The van der Waals surface area contributed by atoms with Gasteiger partial charge in [0, 0.05) is 10.9 Å². The average Bonchev–Trinajstić information content (AvgIpc) is 3.44. The number of nitrogens with one attached hydrogen (secondary N) is 2. The number of hydrogen-bond donors (Lipinski definition) is 2. The molecule has 0 spiro atoms. The number of hydrogen-bond acceptors (Lipinski definition) is 8. The lowest BCUT2D eigenvalue weighted by molar-refractivity contribution is -0.123. The number of aromatic nitrogens is 5. The fraction of sp³-hybridized carbons (Fsp3) is 0.200. The number of anilines is 1. The van der Waals surface area contributed by atoms with Gasteiger partial charge in [-0.05, 0) is 18.9 Å². The standard InChI is InChI=1S/C20H18N6O3S/c1-3-12-4-6-13(7-5-12)19-25-14(8-30-19)20(28)29-11(2)18(27)26-17-15-16(22-9-21-15)23-10-24-17/h4-11H,3H2,1-2H3,(H2,21,22,23,24,26,27). The van der Waals surface area contributed by atoms with Crippen molar-refractivity contribution < 1.29 is 14.3 Å². The predicted molar refractivity (Wildman–Crippen MR) is 112 cm³/mol. The number of aryl methyl sites for hydroxylation is 1. The first kappa shape index (κ1) is 19.6. The molecular formula is C20H18N6O3S. The molecule has 0 bridgehead atoms. The van der Waals surface area contributed by atoms with E-state index in [9.17, 15) is 9.59 Å². The van der Waals surface area contributed by atoms with Gasteiger partial charge in [-0.1, -0.05) is 31.2 Å². The third kappa shape index (κ3) is 4.03. The van der Waals surface area contributed by atoms with Crippen molar-refractivity contribution in [1.29, 1.82) is 0 Å². The number of carbonyl (C=O) groups excluding carboxylic acids is 2. The van der Waals surface area contributed by atoms with E-state index in [1.165, 1.54) is 36.5 Å². The fourth-order valence-corrected chi connectivity index (χ4v) is 3.53. The van der Waals surface area contributed by atoms with Crippen LogP contribution in [0.4, 0.5) is 5.82 Å². The summed E-state index contributed by atoms with van der Waals surface area (Å²) in [6, 6.07) is 8.01. The number of esters is 1. The molecule has 9 nitrogen and oxygen atoms in total. The van der Waals surface area contributed by atoms with Crippen LogP contribution in [0.3, 0.4) is 0 Å². The number of ether oxygens (including phenoxy) is 1. The van der Waals surface area contributed by atoms with E-state index in [2.05, 4.69) is 37.2 Å². The Balaban J connectivity index is 1.41. The second-order valence-electron chi connectivity index (χ2n) is 6.45. The SMILES string of the molecule is CCc1ccc(-c2nc(C(=O)OC(C)C(=O)Nc3ncnc4nc[nH]c34)cs2)cc1. The molecule has 152 valence electrons. The molecule has 1 aromatic carbocycles. The highest BCUT2D eigenvalue weighted by molar-refractivity contribution is 7.13. The normalized spacial score (nSPS) is 11.9. The molecule has 1 unspecified atom stereocenters. The van der Waals surface area contributed by atoms with Crippen molar-refractivity contribution in [1.82, 2.24) is 24.9 Å². The van der Waals surface area contributed by atoms with Crippen LogP contribution in [0.15, 0.2) is 42.3 Å². The van der Waals surface area contributed by atoms with Crippen molar-refractivity contribution in [2.45, 2.75) is 26.4 Å². The van der Waals surface area contributed by atoms with Gasteiger partial charge >= 0.3 is 5.97 Å². The van der Waals surface area contributed by atoms with Crippen LogP contribution in [0.5, 0.6) is 0 Å². The van der Waals surface area contributed by atoms with Gasteiger partial charge in [0.1, 0.15) is 16.9 Å². The Bertz CT molecular complexity index is 1200. The lowest BCUT2D eigenvalue weighted by atomic mass is 10.1. The van der Waals surface area contributed by atoms with Crippen molar-refractivity contribution in [3.63, 3.8) is 0 Å². The number of fused-ring (bicyclic) bond motifs is 1. The summed E-state index contributed by atoms with van der Waals surface area (Å²) >= 11 is 1.34. The number of benzene rings is 1. The molecule has 0 fully saturated rings. The zero-order valence-corrected chi connectivity index (χ0v) is 17.1. The van der Waals surface area contributed by atoms with E-state index in [0.717, 1.165) is 12.0 Å². The highest BCUT2D eigenvalue weighted by Gasteiger charge is 2.22. The summed E-state index contributed by atoms with van der Waals surface area (Å²) in [4.78, 5) is 44.1. The van der Waals surface area contributed by atoms with E-state index < -0.39 is 18.0 Å². The highest BCUT2D eigenvalue weighted by atomic mass is 32.1. The van der Waals surface area contributed by atoms with Gasteiger partial charge in [-0.25, -0.2) is 24.7 Å². The van der Waals surface area contributed by atoms with Crippen molar-refractivity contribution in [2.75, 3.05) is 5.32 Å². The van der Waals surface area contributed by atoms with E-state index in [-0.39, 0.29) is 11.5 Å². The minimum atomic E-state index is -1.04. The minimum absolute atomic E-state index is 0.159. The van der Waals surface area contributed by atoms with Gasteiger partial charge in [0.05, 0.1) is 6.33 Å². The summed E-state index contributed by atoms with van der Waals surface area (Å²) in [6.45, 7) is 3.57. The number of imidazole rings is 1. The van der Waals surface area contributed by atoms with E-state index in [1.807, 2.05) is 24.3 Å². The Morgan fingerprint density at radius 1 is 1.20 bits per heavy atom. The summed E-state index contributed by atoms with van der Waals surface area (Å²) in [7, 11) is 0. The summed E-state index contributed by atoms with van der Waals surface area (Å²) in [5.41, 5.74) is 3.22. The summed E-state index contributed by atoms with van der Waals surface area (Å²) in [6.07, 6.45) is 2.66. The van der Waals surface area contributed by atoms with Crippen LogP contribution in [-0.2, 0) is 16.0 Å². The average molecular weight is 422 g/mol. The smallest absolute Gasteiger partial charge is 0.358 e. The minimum Gasteiger partial charge on any atom is -0.448 e. The number of thiazole rings is 1. The zero-order chi connectivity index (χ0) is 21.1. The monoisotopic (exact) mass is 422 g/mol. The lowest BCUT2D eigenvalue weighted by Crippen LogP contribution is -2.30. The second kappa shape index (κ2) is 8.37. The van der Waals surface area contributed by atoms with Gasteiger partial charge < -0.3 is 15.0 Å². The van der Waals surface area contributed by atoms with Crippen LogP contribution in [0, 0.1) is 0 Å². The first-order valence-corrected chi connectivity index (χ1v) is 10.1. The lowest BCUT2D eigenvalue weighted by Gasteiger charge is -2.12. The maximum absolute atomic E-state index is 12.4. The molecule has 2 N–H and O–H groups in total. The highest BCUT2D eigenvalue weighted by Crippen LogP contribution is 2.25. The topological polar surface area (TPSA) is 123 Å². The Labute approximate surface area is 175 Å². The first-order chi connectivity index (χ1) is 14.5. The van der Waals surface area contributed by atoms with Crippen LogP contribution in [0.25, 0.3) is 21.7 Å². The third-order valence-electron chi connectivity index (χ3n) is 4.44. The van der Waals surface area contributed by atoms with Crippen molar-refractivity contribution >= 4 is 40.2 Å². The number of H-pyrrole nitrogens is 1. The third-order valence-corrected chi connectivity index (χ3v) is 5.33. The molecular weight excluding hydrogens is 404 g/mol. The first-order valence-electron chi connectivity index (χ1n) is 9.26. The Kier molecular flexibility index (Phi) is 5.48. The van der Waals surface area contributed by atoms with E-state index >= 15 is 0 Å². The van der Waals surface area contributed by atoms with Crippen LogP contribution in [-0.4, -0.2) is 42.9 Å². The van der Waals surface area contributed by atoms with Crippen molar-refractivity contribution in [3.8, 4) is 10.6 Å². The Morgan fingerprint density at radius 2 is 2.00 bits per heavy atom. The van der Waals surface area contributed by atoms with Gasteiger partial charge in [0.15, 0.2) is 23.3 Å². The molecule has 1 atom stereocenters. The molecule has 1 amide bonds. The molecule has 4 aromatic rings. The fourth-order valence-electron chi connectivity index (χ4n) is 2.74. The molecule has 0 aliphatic carbocycles. The molecule has 30 heavy (non-hydrogen) atoms. The Hall–Kier alpha value is -3.66. The van der Waals surface area contributed by atoms with E-state index in [1.54, 1.807) is 5.38 Å². The zero-order valence-electron chi connectivity index (χ0n) is 16.2. The van der Waals surface area contributed by atoms with Crippen LogP contribution in [0.1, 0.15) is 29.9 Å². The molecule has 3 aromatic heterocycles. The summed E-state index contributed by atoms with van der Waals surface area (Å²) < 4.78 is 5.27. The largest absolute Gasteiger partial charge is 0.448 e. The predicted octanol–water partition coefficient (Wildman–Crippen LogP) is 3.22. The van der Waals surface area contributed by atoms with Gasteiger partial charge in [-0.3, -0.25) is 4.79 Å². The molecule has 0 radical (unpaired) electrons. The van der Waals surface area contributed by atoms with Crippen molar-refractivity contribution in [2.24, 2.45) is 0 Å². The summed E-state index contributed by atoms with van der Waals surface area (Å²) in [5.74, 6) is -0.930. The maximum atomic E-state index is 12.4. The Morgan fingerprint density at radius 3 is 2.77 bits per heavy atom. The van der Waals surface area contributed by atoms with Gasteiger partial charge in [0.25, 0.3) is 5.91 Å². The van der Waals surface area contributed by atoms with Crippen LogP contribution in [0.2, 0.25) is 0 Å². The van der Waals surface area contributed by atoms with Crippen LogP contribution >= 0.6 is 11.3 Å². The molecule has 3 heterocycles. The number of aromatic amines is 1. The molecule has 0 saturated heterocycles. The molecule has 10 heteroatoms. The maximum Gasteiger partial charge on any atom is 0.358 e. The van der Waals surface area contributed by atoms with Gasteiger partial charge in [-0.2, -0.15) is 0 Å². The van der Waals surface area contributed by atoms with Gasteiger partial charge in [-0.15, -0.1) is 11.3 Å². The second-order valence-corrected chi connectivity index (χ2v) is 7.31. The van der Waals surface area contributed by atoms with Crippen LogP contribution < -0.4 is 5.32 Å². The van der Waals surface area contributed by atoms with E-state index in [0.29, 0.717) is 16.2 Å². The van der Waals surface area contributed by atoms with Gasteiger partial charge in [0.2, 0.25) is 0 Å².